The summed E-state index contributed by atoms with van der Waals surface area (Å²) in [4.78, 5) is 0. The zero-order valence-corrected chi connectivity index (χ0v) is 15.7. The Labute approximate surface area is 146 Å². The van der Waals surface area contributed by atoms with Crippen molar-refractivity contribution in [2.24, 2.45) is 23.7 Å². The maximum Gasteiger partial charge on any atom is -0.0381 e. The van der Waals surface area contributed by atoms with Gasteiger partial charge in [0.1, 0.15) is 0 Å². The average molecular weight is 319 g/mol. The van der Waals surface area contributed by atoms with E-state index in [9.17, 15) is 0 Å². The van der Waals surface area contributed by atoms with Crippen molar-refractivity contribution >= 4 is 0 Å². The highest BCUT2D eigenvalue weighted by Gasteiger charge is 2.34. The molecule has 3 rings (SSSR count). The smallest absolute Gasteiger partial charge is 0.0381 e. The lowest BCUT2D eigenvalue weighted by atomic mass is 9.63. The maximum atomic E-state index is 1.61. The second-order valence-corrected chi connectivity index (χ2v) is 9.36. The van der Waals surface area contributed by atoms with Crippen molar-refractivity contribution in [3.63, 3.8) is 0 Å². The van der Waals surface area contributed by atoms with Crippen molar-refractivity contribution in [3.8, 4) is 0 Å². The molecule has 0 aromatic rings. The third-order valence-electron chi connectivity index (χ3n) is 7.48. The first-order valence-corrected chi connectivity index (χ1v) is 11.4. The van der Waals surface area contributed by atoms with Crippen LogP contribution >= 0.6 is 0 Å². The molecule has 134 valence electrons. The third-order valence-corrected chi connectivity index (χ3v) is 7.48. The van der Waals surface area contributed by atoms with Crippen LogP contribution in [0.4, 0.5) is 0 Å². The number of rotatable bonds is 1. The van der Waals surface area contributed by atoms with Crippen molar-refractivity contribution in [2.75, 3.05) is 0 Å². The second-order valence-electron chi connectivity index (χ2n) is 9.36. The molecule has 0 N–H and O–H groups in total. The molecule has 0 spiro atoms. The maximum absolute atomic E-state index is 1.61. The van der Waals surface area contributed by atoms with Gasteiger partial charge in [0.15, 0.2) is 0 Å². The van der Waals surface area contributed by atoms with Gasteiger partial charge in [0.2, 0.25) is 0 Å². The fourth-order valence-corrected chi connectivity index (χ4v) is 6.19. The summed E-state index contributed by atoms with van der Waals surface area (Å²) in [6.45, 7) is 0. The quantitative estimate of drug-likeness (QED) is 0.461. The summed E-state index contributed by atoms with van der Waals surface area (Å²) in [5.74, 6) is 4.47. The molecule has 2 atom stereocenters. The summed E-state index contributed by atoms with van der Waals surface area (Å²) < 4.78 is 0. The van der Waals surface area contributed by atoms with Crippen LogP contribution in [0, 0.1) is 23.7 Å². The lowest BCUT2D eigenvalue weighted by molar-refractivity contribution is 0.0913. The van der Waals surface area contributed by atoms with Gasteiger partial charge in [-0.2, -0.15) is 0 Å². The Balaban J connectivity index is 1.49. The average Bonchev–Trinajstić information content (AvgIpc) is 2.56. The van der Waals surface area contributed by atoms with Crippen molar-refractivity contribution < 1.29 is 0 Å². The monoisotopic (exact) mass is 318 g/mol. The SMILES string of the molecule is C1CCCCCCC(C2CC3CCCC(C3)C2)CCCCCC1. The molecule has 0 aromatic carbocycles. The third kappa shape index (κ3) is 6.09. The van der Waals surface area contributed by atoms with Crippen molar-refractivity contribution in [1.29, 1.82) is 0 Å². The molecular weight excluding hydrogens is 276 g/mol. The zero-order chi connectivity index (χ0) is 15.7. The number of hydrogen-bond donors (Lipinski definition) is 0. The highest BCUT2D eigenvalue weighted by molar-refractivity contribution is 4.86. The van der Waals surface area contributed by atoms with Crippen LogP contribution in [0.3, 0.4) is 0 Å². The summed E-state index contributed by atoms with van der Waals surface area (Å²) in [5.41, 5.74) is 0. The van der Waals surface area contributed by atoms with E-state index in [4.69, 9.17) is 0 Å². The summed E-state index contributed by atoms with van der Waals surface area (Å²) in [6, 6.07) is 0. The lowest BCUT2D eigenvalue weighted by Crippen LogP contribution is -2.31. The minimum absolute atomic E-state index is 1.10. The van der Waals surface area contributed by atoms with E-state index >= 15 is 0 Å². The molecule has 0 amide bonds. The van der Waals surface area contributed by atoms with E-state index < -0.39 is 0 Å². The van der Waals surface area contributed by atoms with Gasteiger partial charge < -0.3 is 0 Å². The Hall–Kier alpha value is 0. The van der Waals surface area contributed by atoms with E-state index in [1.807, 2.05) is 0 Å². The van der Waals surface area contributed by atoms with Crippen LogP contribution in [0.2, 0.25) is 0 Å². The molecule has 3 aliphatic carbocycles. The van der Waals surface area contributed by atoms with Crippen LogP contribution in [0.1, 0.15) is 122 Å². The molecular formula is C23H42. The van der Waals surface area contributed by atoms with E-state index in [-0.39, 0.29) is 0 Å². The van der Waals surface area contributed by atoms with Crippen molar-refractivity contribution in [1.82, 2.24) is 0 Å². The largest absolute Gasteiger partial charge is 0.0533 e. The van der Waals surface area contributed by atoms with E-state index in [1.54, 1.807) is 51.4 Å². The molecule has 0 aliphatic heterocycles. The predicted molar refractivity (Wildman–Crippen MR) is 102 cm³/mol. The van der Waals surface area contributed by atoms with E-state index in [1.165, 1.54) is 70.6 Å². The predicted octanol–water partition coefficient (Wildman–Crippen LogP) is 7.90. The standard InChI is InChI=1S/C23H42/c1-2-4-6-8-10-15-22(16-11-9-7-5-3-1)23-18-20-13-12-14-21(17-20)19-23/h20-23H,1-19H2. The minimum atomic E-state index is 1.10. The molecule has 0 heteroatoms. The van der Waals surface area contributed by atoms with E-state index in [0.717, 1.165) is 23.7 Å². The zero-order valence-electron chi connectivity index (χ0n) is 15.7. The Morgan fingerprint density at radius 3 is 1.22 bits per heavy atom. The molecule has 0 saturated heterocycles. The van der Waals surface area contributed by atoms with Crippen LogP contribution in [-0.2, 0) is 0 Å². The summed E-state index contributed by atoms with van der Waals surface area (Å²) >= 11 is 0. The molecule has 3 fully saturated rings. The van der Waals surface area contributed by atoms with Crippen LogP contribution in [0.15, 0.2) is 0 Å². The summed E-state index contributed by atoms with van der Waals surface area (Å²) in [7, 11) is 0. The van der Waals surface area contributed by atoms with Crippen molar-refractivity contribution in [3.05, 3.63) is 0 Å². The molecule has 23 heavy (non-hydrogen) atoms. The van der Waals surface area contributed by atoms with Gasteiger partial charge in [-0.15, -0.1) is 0 Å². The Kier molecular flexibility index (Phi) is 7.82. The van der Waals surface area contributed by atoms with Gasteiger partial charge in [-0.1, -0.05) is 103 Å². The van der Waals surface area contributed by atoms with Crippen LogP contribution in [-0.4, -0.2) is 0 Å². The van der Waals surface area contributed by atoms with Gasteiger partial charge >= 0.3 is 0 Å². The van der Waals surface area contributed by atoms with E-state index in [2.05, 4.69) is 0 Å². The molecule has 0 radical (unpaired) electrons. The first kappa shape index (κ1) is 17.8. The van der Waals surface area contributed by atoms with Crippen LogP contribution in [0.5, 0.6) is 0 Å². The molecule has 0 aromatic heterocycles. The van der Waals surface area contributed by atoms with Gasteiger partial charge in [0.05, 0.1) is 0 Å². The second kappa shape index (κ2) is 10.1. The Morgan fingerprint density at radius 2 is 0.739 bits per heavy atom. The Morgan fingerprint density at radius 1 is 0.304 bits per heavy atom. The highest BCUT2D eigenvalue weighted by Crippen LogP contribution is 2.46. The van der Waals surface area contributed by atoms with Gasteiger partial charge in [0.25, 0.3) is 0 Å². The van der Waals surface area contributed by atoms with Crippen LogP contribution in [0.25, 0.3) is 0 Å². The van der Waals surface area contributed by atoms with E-state index in [0.29, 0.717) is 0 Å². The molecule has 3 aliphatic rings. The molecule has 3 saturated carbocycles. The number of fused-ring (bicyclic) bond motifs is 2. The fraction of sp³-hybridized carbons (Fsp3) is 1.00. The minimum Gasteiger partial charge on any atom is -0.0533 e. The topological polar surface area (TPSA) is 0 Å². The first-order valence-electron chi connectivity index (χ1n) is 11.4. The van der Waals surface area contributed by atoms with Crippen LogP contribution < -0.4 is 0 Å². The molecule has 0 heterocycles. The van der Waals surface area contributed by atoms with Gasteiger partial charge in [-0.3, -0.25) is 0 Å². The lowest BCUT2D eigenvalue weighted by Gasteiger charge is -2.42. The fourth-order valence-electron chi connectivity index (χ4n) is 6.19. The summed E-state index contributed by atoms with van der Waals surface area (Å²) in [6.07, 6.45) is 29.4. The molecule has 0 nitrogen and oxygen atoms in total. The Bertz CT molecular complexity index is 281. The summed E-state index contributed by atoms with van der Waals surface area (Å²) in [5, 5.41) is 0. The van der Waals surface area contributed by atoms with Gasteiger partial charge in [-0.05, 0) is 42.9 Å². The normalized spacial score (nSPS) is 36.3. The first-order chi connectivity index (χ1) is 11.4. The van der Waals surface area contributed by atoms with Crippen molar-refractivity contribution in [2.45, 2.75) is 122 Å². The van der Waals surface area contributed by atoms with Gasteiger partial charge in [-0.25, -0.2) is 0 Å². The highest BCUT2D eigenvalue weighted by atomic mass is 14.4. The van der Waals surface area contributed by atoms with Gasteiger partial charge in [0, 0.05) is 0 Å². The number of hydrogen-bond acceptors (Lipinski definition) is 0. The molecule has 2 bridgehead atoms. The molecule has 2 unspecified atom stereocenters.